The number of rotatable bonds is 2. The molecule has 6 nitrogen and oxygen atoms in total. The molecule has 2 atom stereocenters. The Morgan fingerprint density at radius 2 is 1.71 bits per heavy atom. The van der Waals surface area contributed by atoms with Crippen molar-refractivity contribution in [3.05, 3.63) is 11.3 Å². The molecule has 6 rings (SSSR count). The Morgan fingerprint density at radius 3 is 2.21 bits per heavy atom. The molecule has 2 heterocycles. The topological polar surface area (TPSA) is 78.9 Å². The van der Waals surface area contributed by atoms with Crippen molar-refractivity contribution in [2.45, 2.75) is 68.9 Å². The molecule has 0 aromatic rings. The van der Waals surface area contributed by atoms with Crippen LogP contribution in [0, 0.1) is 17.8 Å². The minimum atomic E-state index is -4.84. The maximum absolute atomic E-state index is 13.5. The maximum Gasteiger partial charge on any atom is 0.436 e. The minimum Gasteiger partial charge on any atom is -0.509 e. The van der Waals surface area contributed by atoms with E-state index in [1.54, 1.807) is 0 Å². The number of alkyl halides is 3. The predicted octanol–water partition coefficient (Wildman–Crippen LogP) is 2.40. The van der Waals surface area contributed by atoms with Gasteiger partial charge in [-0.1, -0.05) is 0 Å². The second-order valence-electron chi connectivity index (χ2n) is 9.39. The van der Waals surface area contributed by atoms with E-state index < -0.39 is 53.2 Å². The highest BCUT2D eigenvalue weighted by molar-refractivity contribution is 6.21. The second kappa shape index (κ2) is 5.43. The van der Waals surface area contributed by atoms with Crippen LogP contribution < -0.4 is 5.32 Å². The third-order valence-electron chi connectivity index (χ3n) is 7.47. The third-order valence-corrected chi connectivity index (χ3v) is 7.47. The monoisotopic (exact) mass is 400 g/mol. The van der Waals surface area contributed by atoms with Gasteiger partial charge in [0.15, 0.2) is 0 Å². The molecule has 4 aliphatic carbocycles. The summed E-state index contributed by atoms with van der Waals surface area (Å²) in [6.45, 7) is 0.250. The summed E-state index contributed by atoms with van der Waals surface area (Å²) in [5.41, 5.74) is -3.83. The summed E-state index contributed by atoms with van der Waals surface area (Å²) < 4.78 is 45.3. The number of hydrogen-bond donors (Lipinski definition) is 2. The van der Waals surface area contributed by atoms with Crippen LogP contribution in [0.5, 0.6) is 0 Å². The summed E-state index contributed by atoms with van der Waals surface area (Å²) in [7, 11) is 0. The molecular formula is C19H23F3N2O4. The minimum absolute atomic E-state index is 0.406. The Bertz CT molecular complexity index is 757. The van der Waals surface area contributed by atoms with E-state index in [9.17, 15) is 27.9 Å². The van der Waals surface area contributed by atoms with E-state index in [4.69, 9.17) is 4.74 Å². The van der Waals surface area contributed by atoms with Gasteiger partial charge in [-0.25, -0.2) is 0 Å². The number of hydrogen-bond acceptors (Lipinski definition) is 4. The average Bonchev–Trinajstić information content (AvgIpc) is 3.03. The maximum atomic E-state index is 13.5. The first-order valence-corrected chi connectivity index (χ1v) is 9.83. The first kappa shape index (κ1) is 18.3. The van der Waals surface area contributed by atoms with E-state index in [1.807, 2.05) is 0 Å². The van der Waals surface area contributed by atoms with Gasteiger partial charge >= 0.3 is 6.18 Å². The predicted molar refractivity (Wildman–Crippen MR) is 89.7 cm³/mol. The molecule has 4 saturated carbocycles. The number of aliphatic hydroxyl groups excluding tert-OH is 1. The van der Waals surface area contributed by atoms with Crippen molar-refractivity contribution in [2.24, 2.45) is 17.8 Å². The summed E-state index contributed by atoms with van der Waals surface area (Å²) in [4.78, 5) is 26.2. The van der Waals surface area contributed by atoms with Gasteiger partial charge in [-0.3, -0.25) is 14.5 Å². The van der Waals surface area contributed by atoms with Gasteiger partial charge in [0.25, 0.3) is 11.8 Å². The zero-order chi connectivity index (χ0) is 20.1. The molecule has 28 heavy (non-hydrogen) atoms. The van der Waals surface area contributed by atoms with Crippen LogP contribution in [-0.4, -0.2) is 51.9 Å². The van der Waals surface area contributed by atoms with E-state index in [0.29, 0.717) is 22.7 Å². The molecular weight excluding hydrogens is 377 g/mol. The third kappa shape index (κ3) is 2.31. The molecule has 0 spiro atoms. The standard InChI is InChI=1S/C19H23F3N2O4/c1-17(19(20,21)22)24-12(8-28-17)14(25)13(16(24)27)15(26)23-18-5-9-2-10(6-18)4-11(3-9)7-18/h9-12,25H,2-8H2,1H3,(H,23,26)/t9?,10?,11?,12-,17-,18?/m1/s1. The summed E-state index contributed by atoms with van der Waals surface area (Å²) in [6.07, 6.45) is 1.16. The van der Waals surface area contributed by atoms with Crippen LogP contribution >= 0.6 is 0 Å². The molecule has 0 unspecified atom stereocenters. The Hall–Kier alpha value is -1.77. The Kier molecular flexibility index (Phi) is 3.54. The van der Waals surface area contributed by atoms with Crippen LogP contribution in [0.4, 0.5) is 13.2 Å². The van der Waals surface area contributed by atoms with Crippen LogP contribution in [0.1, 0.15) is 45.4 Å². The molecule has 2 aliphatic heterocycles. The van der Waals surface area contributed by atoms with E-state index in [1.165, 1.54) is 0 Å². The number of halogens is 3. The highest BCUT2D eigenvalue weighted by atomic mass is 19.4. The second-order valence-corrected chi connectivity index (χ2v) is 9.39. The van der Waals surface area contributed by atoms with Crippen molar-refractivity contribution in [1.82, 2.24) is 10.2 Å². The van der Waals surface area contributed by atoms with Gasteiger partial charge in [0.2, 0.25) is 5.72 Å². The molecule has 4 bridgehead atoms. The lowest BCUT2D eigenvalue weighted by atomic mass is 9.53. The SMILES string of the molecule is C[C@]1(C(F)(F)F)OC[C@@H]2C(O)=C(C(=O)NC34CC5CC(CC(C5)C3)C4)C(=O)N21. The molecule has 0 aromatic carbocycles. The first-order chi connectivity index (χ1) is 13.0. The van der Waals surface area contributed by atoms with Gasteiger partial charge in [0.1, 0.15) is 17.4 Å². The lowest BCUT2D eigenvalue weighted by molar-refractivity contribution is -0.291. The zero-order valence-electron chi connectivity index (χ0n) is 15.5. The fraction of sp³-hybridized carbons (Fsp3) is 0.789. The summed E-state index contributed by atoms with van der Waals surface area (Å²) in [5, 5.41) is 13.4. The summed E-state index contributed by atoms with van der Waals surface area (Å²) in [5.74, 6) is -0.846. The van der Waals surface area contributed by atoms with Crippen molar-refractivity contribution >= 4 is 11.8 Å². The highest BCUT2D eigenvalue weighted by Gasteiger charge is 2.67. The largest absolute Gasteiger partial charge is 0.509 e. The lowest BCUT2D eigenvalue weighted by Crippen LogP contribution is -2.61. The number of aliphatic hydroxyl groups is 1. The van der Waals surface area contributed by atoms with Crippen molar-refractivity contribution < 1.29 is 32.6 Å². The van der Waals surface area contributed by atoms with E-state index in [0.717, 1.165) is 45.4 Å². The van der Waals surface area contributed by atoms with E-state index in [-0.39, 0.29) is 0 Å². The van der Waals surface area contributed by atoms with Crippen molar-refractivity contribution in [2.75, 3.05) is 6.61 Å². The quantitative estimate of drug-likeness (QED) is 0.698. The number of nitrogens with zero attached hydrogens (tertiary/aromatic N) is 1. The van der Waals surface area contributed by atoms with Crippen molar-refractivity contribution in [3.8, 4) is 0 Å². The number of amides is 2. The number of ether oxygens (including phenoxy) is 1. The fourth-order valence-electron chi connectivity index (χ4n) is 6.61. The summed E-state index contributed by atoms with van der Waals surface area (Å²) >= 11 is 0. The highest BCUT2D eigenvalue weighted by Crippen LogP contribution is 2.56. The first-order valence-electron chi connectivity index (χ1n) is 9.83. The molecule has 0 aromatic heterocycles. The average molecular weight is 400 g/mol. The molecule has 2 amide bonds. The van der Waals surface area contributed by atoms with Gasteiger partial charge in [-0.15, -0.1) is 0 Å². The van der Waals surface area contributed by atoms with Crippen LogP contribution in [0.2, 0.25) is 0 Å². The fourth-order valence-corrected chi connectivity index (χ4v) is 6.61. The van der Waals surface area contributed by atoms with Crippen LogP contribution in [0.15, 0.2) is 11.3 Å². The molecule has 9 heteroatoms. The van der Waals surface area contributed by atoms with Gasteiger partial charge in [-0.05, 0) is 63.2 Å². The molecule has 154 valence electrons. The zero-order valence-corrected chi connectivity index (χ0v) is 15.5. The van der Waals surface area contributed by atoms with E-state index in [2.05, 4.69) is 5.32 Å². The number of carbonyl (C=O) groups excluding carboxylic acids is 2. The van der Waals surface area contributed by atoms with Crippen molar-refractivity contribution in [1.29, 1.82) is 0 Å². The van der Waals surface area contributed by atoms with Gasteiger partial charge < -0.3 is 15.2 Å². The van der Waals surface area contributed by atoms with Crippen LogP contribution in [0.3, 0.4) is 0 Å². The molecule has 5 fully saturated rings. The Morgan fingerprint density at radius 1 is 1.18 bits per heavy atom. The molecule has 6 aliphatic rings. The lowest BCUT2D eigenvalue weighted by Gasteiger charge is -2.56. The normalized spacial score (nSPS) is 44.4. The number of fused-ring (bicyclic) bond motifs is 1. The van der Waals surface area contributed by atoms with E-state index >= 15 is 0 Å². The number of nitrogens with one attached hydrogen (secondary N) is 1. The molecule has 1 saturated heterocycles. The smallest absolute Gasteiger partial charge is 0.436 e. The van der Waals surface area contributed by atoms with Crippen LogP contribution in [0.25, 0.3) is 0 Å². The molecule has 0 radical (unpaired) electrons. The van der Waals surface area contributed by atoms with Gasteiger partial charge in [0, 0.05) is 5.54 Å². The van der Waals surface area contributed by atoms with Crippen LogP contribution in [-0.2, 0) is 14.3 Å². The summed E-state index contributed by atoms with van der Waals surface area (Å²) in [6, 6.07) is -1.28. The van der Waals surface area contributed by atoms with Crippen molar-refractivity contribution in [3.63, 3.8) is 0 Å². The molecule has 2 N–H and O–H groups in total. The Labute approximate surface area is 160 Å². The Balaban J connectivity index is 1.40. The van der Waals surface area contributed by atoms with Gasteiger partial charge in [-0.2, -0.15) is 13.2 Å². The number of carbonyl (C=O) groups is 2. The van der Waals surface area contributed by atoms with Gasteiger partial charge in [0.05, 0.1) is 6.61 Å².